The molecule has 1 saturated heterocycles. The van der Waals surface area contributed by atoms with Crippen LogP contribution in [-0.4, -0.2) is 59.9 Å². The highest BCUT2D eigenvalue weighted by atomic mass is 19.4. The van der Waals surface area contributed by atoms with Gasteiger partial charge in [-0.05, 0) is 30.7 Å². The number of nitrogens with one attached hydrogen (secondary N) is 1. The molecule has 1 aliphatic rings. The maximum atomic E-state index is 12.5. The first kappa shape index (κ1) is 20.7. The van der Waals surface area contributed by atoms with Crippen LogP contribution >= 0.6 is 0 Å². The number of hydrogen-bond acceptors (Lipinski definition) is 5. The number of amides is 2. The summed E-state index contributed by atoms with van der Waals surface area (Å²) in [7, 11) is 0. The Hall–Kier alpha value is -3.04. The fourth-order valence-electron chi connectivity index (χ4n) is 2.94. The number of carbonyl (C=O) groups is 1. The van der Waals surface area contributed by atoms with Crippen LogP contribution in [0.1, 0.15) is 18.5 Å². The Morgan fingerprint density at radius 3 is 2.34 bits per heavy atom. The van der Waals surface area contributed by atoms with E-state index in [-0.39, 0.29) is 17.8 Å². The standard InChI is InChI=1S/C19H22F3N5O2/c1-14(15-3-5-16(6-4-15)29-13-19(20,21)22)25-18(28)27-11-9-26(10-12-27)17-23-7-2-8-24-17/h2-8,14H,9-13H2,1H3,(H,25,28). The van der Waals surface area contributed by atoms with Gasteiger partial charge in [-0.3, -0.25) is 0 Å². The number of urea groups is 1. The molecule has 2 amide bonds. The average molecular weight is 409 g/mol. The van der Waals surface area contributed by atoms with Crippen LogP contribution in [-0.2, 0) is 0 Å². The third-order valence-corrected chi connectivity index (χ3v) is 4.52. The van der Waals surface area contributed by atoms with E-state index in [1.54, 1.807) is 35.5 Å². The lowest BCUT2D eigenvalue weighted by Crippen LogP contribution is -2.52. The van der Waals surface area contributed by atoms with Crippen molar-refractivity contribution in [1.29, 1.82) is 0 Å². The van der Waals surface area contributed by atoms with Crippen LogP contribution in [0.25, 0.3) is 0 Å². The summed E-state index contributed by atoms with van der Waals surface area (Å²) in [6, 6.07) is 7.47. The van der Waals surface area contributed by atoms with E-state index < -0.39 is 12.8 Å². The average Bonchev–Trinajstić information content (AvgIpc) is 2.73. The van der Waals surface area contributed by atoms with Crippen molar-refractivity contribution < 1.29 is 22.7 Å². The summed E-state index contributed by atoms with van der Waals surface area (Å²) < 4.78 is 41.3. The largest absolute Gasteiger partial charge is 0.484 e. The Morgan fingerprint density at radius 1 is 1.14 bits per heavy atom. The second-order valence-electron chi connectivity index (χ2n) is 6.67. The second kappa shape index (κ2) is 8.97. The quantitative estimate of drug-likeness (QED) is 0.822. The minimum atomic E-state index is -4.38. The van der Waals surface area contributed by atoms with Crippen molar-refractivity contribution in [2.75, 3.05) is 37.7 Å². The van der Waals surface area contributed by atoms with E-state index >= 15 is 0 Å². The molecule has 1 aliphatic heterocycles. The van der Waals surface area contributed by atoms with E-state index in [0.717, 1.165) is 5.56 Å². The maximum Gasteiger partial charge on any atom is 0.422 e. The number of alkyl halides is 3. The van der Waals surface area contributed by atoms with E-state index in [1.165, 1.54) is 12.1 Å². The summed E-state index contributed by atoms with van der Waals surface area (Å²) in [5, 5.41) is 2.91. The Labute approximate surface area is 166 Å². The molecule has 1 aromatic heterocycles. The van der Waals surface area contributed by atoms with Gasteiger partial charge in [-0.2, -0.15) is 13.2 Å². The number of anilines is 1. The third kappa shape index (κ3) is 5.97. The maximum absolute atomic E-state index is 12.5. The molecule has 2 heterocycles. The van der Waals surface area contributed by atoms with E-state index in [0.29, 0.717) is 32.1 Å². The minimum Gasteiger partial charge on any atom is -0.484 e. The zero-order chi connectivity index (χ0) is 20.9. The molecule has 0 bridgehead atoms. The van der Waals surface area contributed by atoms with E-state index in [4.69, 9.17) is 4.74 Å². The van der Waals surface area contributed by atoms with Gasteiger partial charge in [0.2, 0.25) is 5.95 Å². The highest BCUT2D eigenvalue weighted by Gasteiger charge is 2.28. The van der Waals surface area contributed by atoms with E-state index in [2.05, 4.69) is 15.3 Å². The molecule has 1 unspecified atom stereocenters. The van der Waals surface area contributed by atoms with E-state index in [9.17, 15) is 18.0 Å². The number of aromatic nitrogens is 2. The Morgan fingerprint density at radius 2 is 1.76 bits per heavy atom. The van der Waals surface area contributed by atoms with Crippen LogP contribution in [0.3, 0.4) is 0 Å². The molecule has 7 nitrogen and oxygen atoms in total. The molecular weight excluding hydrogens is 387 g/mol. The van der Waals surface area contributed by atoms with Crippen molar-refractivity contribution in [3.05, 3.63) is 48.3 Å². The Balaban J connectivity index is 1.48. The summed E-state index contributed by atoms with van der Waals surface area (Å²) in [4.78, 5) is 24.7. The van der Waals surface area contributed by atoms with Gasteiger partial charge in [0.15, 0.2) is 6.61 Å². The normalized spacial score (nSPS) is 15.7. The first-order valence-electron chi connectivity index (χ1n) is 9.19. The Bertz CT molecular complexity index is 794. The molecule has 0 aliphatic carbocycles. The number of rotatable bonds is 5. The van der Waals surface area contributed by atoms with Crippen LogP contribution in [0.5, 0.6) is 5.75 Å². The smallest absolute Gasteiger partial charge is 0.422 e. The molecule has 1 fully saturated rings. The van der Waals surface area contributed by atoms with E-state index in [1.807, 2.05) is 11.8 Å². The molecule has 10 heteroatoms. The van der Waals surface area contributed by atoms with Crippen molar-refractivity contribution in [2.24, 2.45) is 0 Å². The summed E-state index contributed by atoms with van der Waals surface area (Å²) in [6.45, 7) is 2.84. The topological polar surface area (TPSA) is 70.6 Å². The van der Waals surface area contributed by atoms with Gasteiger partial charge in [0, 0.05) is 38.6 Å². The molecule has 156 valence electrons. The molecular formula is C19H22F3N5O2. The Kier molecular flexibility index (Phi) is 6.40. The number of nitrogens with zero attached hydrogens (tertiary/aromatic N) is 4. The van der Waals surface area contributed by atoms with Crippen molar-refractivity contribution in [1.82, 2.24) is 20.2 Å². The van der Waals surface area contributed by atoms with Crippen LogP contribution < -0.4 is 15.0 Å². The lowest BCUT2D eigenvalue weighted by Gasteiger charge is -2.35. The van der Waals surface area contributed by atoms with Gasteiger partial charge in [-0.1, -0.05) is 12.1 Å². The summed E-state index contributed by atoms with van der Waals surface area (Å²) in [5.41, 5.74) is 0.772. The zero-order valence-corrected chi connectivity index (χ0v) is 15.9. The number of carbonyl (C=O) groups excluding carboxylic acids is 1. The van der Waals surface area contributed by atoms with Gasteiger partial charge in [-0.25, -0.2) is 14.8 Å². The van der Waals surface area contributed by atoms with Crippen molar-refractivity contribution >= 4 is 12.0 Å². The number of hydrogen-bond donors (Lipinski definition) is 1. The molecule has 1 aromatic carbocycles. The van der Waals surface area contributed by atoms with Gasteiger partial charge in [0.05, 0.1) is 6.04 Å². The highest BCUT2D eigenvalue weighted by Crippen LogP contribution is 2.21. The fourth-order valence-corrected chi connectivity index (χ4v) is 2.94. The molecule has 3 rings (SSSR count). The van der Waals surface area contributed by atoms with Gasteiger partial charge >= 0.3 is 12.2 Å². The van der Waals surface area contributed by atoms with Gasteiger partial charge in [0.1, 0.15) is 5.75 Å². The molecule has 1 atom stereocenters. The van der Waals surface area contributed by atoms with Gasteiger partial charge in [0.25, 0.3) is 0 Å². The highest BCUT2D eigenvalue weighted by molar-refractivity contribution is 5.75. The first-order chi connectivity index (χ1) is 13.8. The lowest BCUT2D eigenvalue weighted by atomic mass is 10.1. The number of piperazine rings is 1. The van der Waals surface area contributed by atoms with Crippen LogP contribution in [0, 0.1) is 0 Å². The molecule has 29 heavy (non-hydrogen) atoms. The zero-order valence-electron chi connectivity index (χ0n) is 15.9. The first-order valence-corrected chi connectivity index (χ1v) is 9.19. The van der Waals surface area contributed by atoms with Crippen LogP contribution in [0.2, 0.25) is 0 Å². The minimum absolute atomic E-state index is 0.129. The summed E-state index contributed by atoms with van der Waals surface area (Å²) in [5.74, 6) is 0.776. The molecule has 0 radical (unpaired) electrons. The predicted octanol–water partition coefficient (Wildman–Crippen LogP) is 3.01. The van der Waals surface area contributed by atoms with Gasteiger partial charge in [-0.15, -0.1) is 0 Å². The third-order valence-electron chi connectivity index (χ3n) is 4.52. The van der Waals surface area contributed by atoms with Crippen LogP contribution in [0.4, 0.5) is 23.9 Å². The monoisotopic (exact) mass is 409 g/mol. The molecule has 0 saturated carbocycles. The van der Waals surface area contributed by atoms with Crippen molar-refractivity contribution in [3.63, 3.8) is 0 Å². The lowest BCUT2D eigenvalue weighted by molar-refractivity contribution is -0.153. The molecule has 2 aromatic rings. The summed E-state index contributed by atoms with van der Waals surface area (Å²) in [6.07, 6.45) is -1.01. The number of halogens is 3. The number of ether oxygens (including phenoxy) is 1. The molecule has 0 spiro atoms. The SMILES string of the molecule is CC(NC(=O)N1CCN(c2ncccn2)CC1)c1ccc(OCC(F)(F)F)cc1. The number of benzene rings is 1. The predicted molar refractivity (Wildman–Crippen MR) is 101 cm³/mol. The van der Waals surface area contributed by atoms with Crippen molar-refractivity contribution in [2.45, 2.75) is 19.1 Å². The molecule has 1 N–H and O–H groups in total. The van der Waals surface area contributed by atoms with Crippen LogP contribution in [0.15, 0.2) is 42.7 Å². The van der Waals surface area contributed by atoms with Gasteiger partial charge < -0.3 is 19.9 Å². The fraction of sp³-hybridized carbons (Fsp3) is 0.421. The summed E-state index contributed by atoms with van der Waals surface area (Å²) >= 11 is 0. The second-order valence-corrected chi connectivity index (χ2v) is 6.67. The van der Waals surface area contributed by atoms with Crippen molar-refractivity contribution in [3.8, 4) is 5.75 Å².